The highest BCUT2D eigenvalue weighted by Gasteiger charge is 2.32. The third-order valence-corrected chi connectivity index (χ3v) is 4.19. The second kappa shape index (κ2) is 7.84. The van der Waals surface area contributed by atoms with Crippen molar-refractivity contribution in [3.63, 3.8) is 0 Å². The standard InChI is InChI=1S/C15H28N2O3/c1-2-20-15(19)16-14-8-13(4-3-7-18)10-17(11-14)9-12-5-6-12/h12-14,18H,2-11H2,1H3,(H,16,19). The quantitative estimate of drug-likeness (QED) is 0.745. The first-order valence-corrected chi connectivity index (χ1v) is 7.97. The first kappa shape index (κ1) is 15.6. The number of aliphatic hydroxyl groups excluding tert-OH is 1. The molecule has 1 amide bonds. The molecule has 0 spiro atoms. The van der Waals surface area contributed by atoms with Crippen molar-refractivity contribution in [2.75, 3.05) is 32.8 Å². The summed E-state index contributed by atoms with van der Waals surface area (Å²) in [5.74, 6) is 1.44. The number of hydrogen-bond donors (Lipinski definition) is 2. The van der Waals surface area contributed by atoms with Crippen molar-refractivity contribution < 1.29 is 14.6 Å². The summed E-state index contributed by atoms with van der Waals surface area (Å²) >= 11 is 0. The second-order valence-electron chi connectivity index (χ2n) is 6.19. The number of rotatable bonds is 7. The second-order valence-corrected chi connectivity index (χ2v) is 6.19. The number of carbonyl (C=O) groups excluding carboxylic acids is 1. The molecule has 1 heterocycles. The summed E-state index contributed by atoms with van der Waals surface area (Å²) in [6.07, 6.45) is 5.31. The summed E-state index contributed by atoms with van der Waals surface area (Å²) < 4.78 is 4.98. The maximum Gasteiger partial charge on any atom is 0.407 e. The van der Waals surface area contributed by atoms with E-state index in [0.717, 1.165) is 44.8 Å². The predicted molar refractivity (Wildman–Crippen MR) is 77.5 cm³/mol. The van der Waals surface area contributed by atoms with Crippen molar-refractivity contribution in [1.29, 1.82) is 0 Å². The molecule has 2 unspecified atom stereocenters. The largest absolute Gasteiger partial charge is 0.450 e. The lowest BCUT2D eigenvalue weighted by atomic mass is 9.90. The van der Waals surface area contributed by atoms with Gasteiger partial charge in [0.1, 0.15) is 0 Å². The summed E-state index contributed by atoms with van der Waals surface area (Å²) in [6.45, 7) is 5.70. The Balaban J connectivity index is 1.83. The van der Waals surface area contributed by atoms with Gasteiger partial charge in [0.25, 0.3) is 0 Å². The first-order chi connectivity index (χ1) is 9.71. The van der Waals surface area contributed by atoms with Gasteiger partial charge in [-0.15, -0.1) is 0 Å². The lowest BCUT2D eigenvalue weighted by molar-refractivity contribution is 0.109. The van der Waals surface area contributed by atoms with Crippen LogP contribution < -0.4 is 5.32 Å². The minimum Gasteiger partial charge on any atom is -0.450 e. The summed E-state index contributed by atoms with van der Waals surface area (Å²) in [5, 5.41) is 12.0. The van der Waals surface area contributed by atoms with Crippen LogP contribution in [-0.4, -0.2) is 55.0 Å². The Morgan fingerprint density at radius 2 is 2.15 bits per heavy atom. The van der Waals surface area contributed by atoms with E-state index in [1.807, 2.05) is 6.92 Å². The van der Waals surface area contributed by atoms with E-state index in [1.165, 1.54) is 12.8 Å². The zero-order valence-electron chi connectivity index (χ0n) is 12.5. The third-order valence-electron chi connectivity index (χ3n) is 4.19. The van der Waals surface area contributed by atoms with Crippen LogP contribution in [0.15, 0.2) is 0 Å². The van der Waals surface area contributed by atoms with Gasteiger partial charge in [0, 0.05) is 32.3 Å². The Kier molecular flexibility index (Phi) is 6.10. The van der Waals surface area contributed by atoms with E-state index in [9.17, 15) is 4.79 Å². The Morgan fingerprint density at radius 3 is 2.80 bits per heavy atom. The van der Waals surface area contributed by atoms with Crippen LogP contribution in [-0.2, 0) is 4.74 Å². The van der Waals surface area contributed by atoms with Gasteiger partial charge in [-0.3, -0.25) is 0 Å². The smallest absolute Gasteiger partial charge is 0.407 e. The number of nitrogens with zero attached hydrogens (tertiary/aromatic N) is 1. The van der Waals surface area contributed by atoms with Crippen LogP contribution in [0, 0.1) is 11.8 Å². The average molecular weight is 284 g/mol. The molecule has 0 aromatic rings. The van der Waals surface area contributed by atoms with Crippen LogP contribution in [0.2, 0.25) is 0 Å². The molecule has 2 rings (SSSR count). The molecule has 5 nitrogen and oxygen atoms in total. The Morgan fingerprint density at radius 1 is 1.35 bits per heavy atom. The molecule has 0 bridgehead atoms. The molecule has 0 aromatic carbocycles. The van der Waals surface area contributed by atoms with Crippen molar-refractivity contribution in [2.24, 2.45) is 11.8 Å². The number of carbonyl (C=O) groups is 1. The van der Waals surface area contributed by atoms with E-state index in [0.29, 0.717) is 12.5 Å². The Hall–Kier alpha value is -0.810. The molecule has 2 N–H and O–H groups in total. The number of aliphatic hydroxyl groups is 1. The number of alkyl carbamates (subject to hydrolysis) is 1. The highest BCUT2D eigenvalue weighted by Crippen LogP contribution is 2.31. The monoisotopic (exact) mass is 284 g/mol. The molecule has 0 aromatic heterocycles. The summed E-state index contributed by atoms with van der Waals surface area (Å²) in [7, 11) is 0. The van der Waals surface area contributed by atoms with E-state index in [4.69, 9.17) is 9.84 Å². The normalized spacial score (nSPS) is 27.3. The molecule has 1 aliphatic heterocycles. The summed E-state index contributed by atoms with van der Waals surface area (Å²) in [4.78, 5) is 14.1. The van der Waals surface area contributed by atoms with Crippen LogP contribution in [0.4, 0.5) is 4.79 Å². The molecule has 5 heteroatoms. The zero-order valence-corrected chi connectivity index (χ0v) is 12.5. The van der Waals surface area contributed by atoms with Gasteiger partial charge < -0.3 is 20.1 Å². The maximum atomic E-state index is 11.6. The maximum absolute atomic E-state index is 11.6. The fraction of sp³-hybridized carbons (Fsp3) is 0.933. The molecule has 0 radical (unpaired) electrons. The molecular formula is C15H28N2O3. The Labute approximate surface area is 121 Å². The van der Waals surface area contributed by atoms with Crippen LogP contribution in [0.3, 0.4) is 0 Å². The van der Waals surface area contributed by atoms with Gasteiger partial charge in [-0.25, -0.2) is 4.79 Å². The number of ether oxygens (including phenoxy) is 1. The summed E-state index contributed by atoms with van der Waals surface area (Å²) in [5.41, 5.74) is 0. The van der Waals surface area contributed by atoms with Gasteiger partial charge in [0.15, 0.2) is 0 Å². The van der Waals surface area contributed by atoms with Crippen molar-refractivity contribution in [1.82, 2.24) is 10.2 Å². The van der Waals surface area contributed by atoms with Crippen molar-refractivity contribution in [3.8, 4) is 0 Å². The van der Waals surface area contributed by atoms with Crippen molar-refractivity contribution in [3.05, 3.63) is 0 Å². The van der Waals surface area contributed by atoms with Crippen LogP contribution in [0.25, 0.3) is 0 Å². The van der Waals surface area contributed by atoms with E-state index < -0.39 is 0 Å². The number of piperidine rings is 1. The van der Waals surface area contributed by atoms with Crippen LogP contribution >= 0.6 is 0 Å². The van der Waals surface area contributed by atoms with E-state index in [1.54, 1.807) is 0 Å². The number of nitrogens with one attached hydrogen (secondary N) is 1. The highest BCUT2D eigenvalue weighted by molar-refractivity contribution is 5.67. The van der Waals surface area contributed by atoms with Gasteiger partial charge in [-0.05, 0) is 50.9 Å². The first-order valence-electron chi connectivity index (χ1n) is 7.97. The summed E-state index contributed by atoms with van der Waals surface area (Å²) in [6, 6.07) is 0.185. The molecule has 2 aliphatic rings. The van der Waals surface area contributed by atoms with Crippen molar-refractivity contribution in [2.45, 2.75) is 45.1 Å². The topological polar surface area (TPSA) is 61.8 Å². The minimum atomic E-state index is -0.299. The lowest BCUT2D eigenvalue weighted by Crippen LogP contribution is -2.51. The molecule has 116 valence electrons. The molecule has 1 aliphatic carbocycles. The van der Waals surface area contributed by atoms with E-state index in [-0.39, 0.29) is 18.7 Å². The molecule has 2 fully saturated rings. The SMILES string of the molecule is CCOC(=O)NC1CC(CCCO)CN(CC2CC2)C1. The van der Waals surface area contributed by atoms with Gasteiger partial charge in [-0.1, -0.05) is 0 Å². The molecule has 1 saturated carbocycles. The van der Waals surface area contributed by atoms with Gasteiger partial charge in [0.2, 0.25) is 0 Å². The minimum absolute atomic E-state index is 0.185. The van der Waals surface area contributed by atoms with E-state index >= 15 is 0 Å². The molecule has 1 saturated heterocycles. The zero-order chi connectivity index (χ0) is 14.4. The number of likely N-dealkylation sites (tertiary alicyclic amines) is 1. The van der Waals surface area contributed by atoms with E-state index in [2.05, 4.69) is 10.2 Å². The van der Waals surface area contributed by atoms with Gasteiger partial charge >= 0.3 is 6.09 Å². The number of amides is 1. The molecule has 20 heavy (non-hydrogen) atoms. The van der Waals surface area contributed by atoms with Gasteiger partial charge in [0.05, 0.1) is 6.61 Å². The number of hydrogen-bond acceptors (Lipinski definition) is 4. The predicted octanol–water partition coefficient (Wildman–Crippen LogP) is 1.61. The fourth-order valence-corrected chi connectivity index (χ4v) is 3.15. The lowest BCUT2D eigenvalue weighted by Gasteiger charge is -2.38. The average Bonchev–Trinajstić information content (AvgIpc) is 3.20. The molecular weight excluding hydrogens is 256 g/mol. The third kappa shape index (κ3) is 5.29. The van der Waals surface area contributed by atoms with Crippen molar-refractivity contribution >= 4 is 6.09 Å². The fourth-order valence-electron chi connectivity index (χ4n) is 3.15. The van der Waals surface area contributed by atoms with Crippen LogP contribution in [0.5, 0.6) is 0 Å². The van der Waals surface area contributed by atoms with Gasteiger partial charge in [-0.2, -0.15) is 0 Å². The molecule has 2 atom stereocenters. The highest BCUT2D eigenvalue weighted by atomic mass is 16.5. The van der Waals surface area contributed by atoms with Crippen LogP contribution in [0.1, 0.15) is 39.0 Å². The Bertz CT molecular complexity index is 307.